The number of aromatic nitrogens is 1. The van der Waals surface area contributed by atoms with Gasteiger partial charge < -0.3 is 10.0 Å². The Kier molecular flexibility index (Phi) is 4.60. The predicted octanol–water partition coefficient (Wildman–Crippen LogP) is 0.841. The zero-order valence-electron chi connectivity index (χ0n) is 8.77. The number of hydrogen-bond acceptors (Lipinski definition) is 3. The summed E-state index contributed by atoms with van der Waals surface area (Å²) in [6.45, 7) is 3.90. The van der Waals surface area contributed by atoms with E-state index in [2.05, 4.69) is 11.6 Å². The van der Waals surface area contributed by atoms with E-state index >= 15 is 0 Å². The van der Waals surface area contributed by atoms with Crippen LogP contribution in [0.2, 0.25) is 0 Å². The molecule has 0 aromatic carbocycles. The van der Waals surface area contributed by atoms with Gasteiger partial charge in [0, 0.05) is 13.1 Å². The van der Waals surface area contributed by atoms with Gasteiger partial charge in [-0.3, -0.25) is 4.79 Å². The number of amides is 1. The fourth-order valence-electron chi connectivity index (χ4n) is 1.22. The van der Waals surface area contributed by atoms with Crippen LogP contribution in [0.25, 0.3) is 0 Å². The Morgan fingerprint density at radius 2 is 2.38 bits per heavy atom. The van der Waals surface area contributed by atoms with Gasteiger partial charge in [-0.05, 0) is 12.1 Å². The largest absolute Gasteiger partial charge is 0.395 e. The van der Waals surface area contributed by atoms with E-state index in [1.807, 2.05) is 0 Å². The molecule has 1 heterocycles. The van der Waals surface area contributed by atoms with Crippen molar-refractivity contribution in [2.24, 2.45) is 0 Å². The Morgan fingerprint density at radius 3 is 2.88 bits per heavy atom. The monoisotopic (exact) mass is 224 g/mol. The smallest absolute Gasteiger partial charge is 0.272 e. The van der Waals surface area contributed by atoms with E-state index in [1.54, 1.807) is 6.08 Å². The molecule has 0 atom stereocenters. The average molecular weight is 224 g/mol. The lowest BCUT2D eigenvalue weighted by molar-refractivity contribution is 0.0737. The van der Waals surface area contributed by atoms with E-state index < -0.39 is 5.82 Å². The molecule has 0 saturated heterocycles. The summed E-state index contributed by atoms with van der Waals surface area (Å²) in [6, 6.07) is 2.48. The highest BCUT2D eigenvalue weighted by atomic mass is 19.1. The Morgan fingerprint density at radius 1 is 1.62 bits per heavy atom. The molecule has 5 heteroatoms. The molecule has 0 aliphatic heterocycles. The molecule has 1 rings (SSSR count). The van der Waals surface area contributed by atoms with Gasteiger partial charge in [-0.25, -0.2) is 9.37 Å². The number of aliphatic hydroxyl groups is 1. The van der Waals surface area contributed by atoms with Gasteiger partial charge in [-0.15, -0.1) is 6.58 Å². The van der Waals surface area contributed by atoms with Crippen LogP contribution in [0.4, 0.5) is 4.39 Å². The van der Waals surface area contributed by atoms with Crippen LogP contribution in [0.5, 0.6) is 0 Å². The van der Waals surface area contributed by atoms with Gasteiger partial charge in [-0.1, -0.05) is 6.08 Å². The van der Waals surface area contributed by atoms with Gasteiger partial charge in [0.05, 0.1) is 12.8 Å². The first-order valence-electron chi connectivity index (χ1n) is 4.81. The highest BCUT2D eigenvalue weighted by Crippen LogP contribution is 2.03. The number of halogens is 1. The molecule has 1 aromatic rings. The maximum atomic E-state index is 12.6. The molecule has 0 bridgehead atoms. The minimum atomic E-state index is -0.492. The van der Waals surface area contributed by atoms with Gasteiger partial charge in [0.2, 0.25) is 0 Å². The van der Waals surface area contributed by atoms with Crippen molar-refractivity contribution in [3.63, 3.8) is 0 Å². The van der Waals surface area contributed by atoms with Crippen LogP contribution in [0.1, 0.15) is 10.5 Å². The summed E-state index contributed by atoms with van der Waals surface area (Å²) >= 11 is 0. The summed E-state index contributed by atoms with van der Waals surface area (Å²) in [4.78, 5) is 16.9. The number of nitrogens with zero attached hydrogens (tertiary/aromatic N) is 2. The summed E-state index contributed by atoms with van der Waals surface area (Å²) < 4.78 is 12.6. The first-order valence-corrected chi connectivity index (χ1v) is 4.81. The number of hydrogen-bond donors (Lipinski definition) is 1. The summed E-state index contributed by atoms with van der Waals surface area (Å²) in [5, 5.41) is 8.79. The molecule has 0 fully saturated rings. The molecule has 1 amide bonds. The van der Waals surface area contributed by atoms with Crippen LogP contribution >= 0.6 is 0 Å². The van der Waals surface area contributed by atoms with Crippen molar-refractivity contribution in [2.75, 3.05) is 19.7 Å². The lowest BCUT2D eigenvalue weighted by Gasteiger charge is -2.19. The van der Waals surface area contributed by atoms with Crippen LogP contribution < -0.4 is 0 Å². The fourth-order valence-corrected chi connectivity index (χ4v) is 1.22. The Bertz CT molecular complexity index is 365. The zero-order chi connectivity index (χ0) is 12.0. The molecular weight excluding hydrogens is 211 g/mol. The minimum absolute atomic E-state index is 0.138. The third-order valence-corrected chi connectivity index (χ3v) is 1.95. The normalized spacial score (nSPS) is 9.88. The van der Waals surface area contributed by atoms with Gasteiger partial charge in [0.15, 0.2) is 0 Å². The van der Waals surface area contributed by atoms with Crippen molar-refractivity contribution in [1.29, 1.82) is 0 Å². The van der Waals surface area contributed by atoms with Crippen molar-refractivity contribution in [3.8, 4) is 0 Å². The van der Waals surface area contributed by atoms with E-state index in [0.29, 0.717) is 6.54 Å². The van der Waals surface area contributed by atoms with Gasteiger partial charge in [-0.2, -0.15) is 0 Å². The minimum Gasteiger partial charge on any atom is -0.395 e. The molecule has 0 radical (unpaired) electrons. The molecule has 0 aliphatic carbocycles. The first-order chi connectivity index (χ1) is 7.69. The number of pyridine rings is 1. The van der Waals surface area contributed by atoms with Crippen LogP contribution in [-0.2, 0) is 0 Å². The van der Waals surface area contributed by atoms with Gasteiger partial charge in [0.1, 0.15) is 11.5 Å². The molecule has 1 N–H and O–H groups in total. The second-order valence-corrected chi connectivity index (χ2v) is 3.13. The second kappa shape index (κ2) is 5.97. The van der Waals surface area contributed by atoms with Gasteiger partial charge in [0.25, 0.3) is 5.91 Å². The van der Waals surface area contributed by atoms with Crippen LogP contribution in [0.3, 0.4) is 0 Å². The molecule has 0 saturated carbocycles. The van der Waals surface area contributed by atoms with Crippen LogP contribution in [-0.4, -0.2) is 40.6 Å². The van der Waals surface area contributed by atoms with Crippen LogP contribution in [0, 0.1) is 5.82 Å². The first kappa shape index (κ1) is 12.3. The molecule has 16 heavy (non-hydrogen) atoms. The summed E-state index contributed by atoms with van der Waals surface area (Å²) in [7, 11) is 0. The third-order valence-electron chi connectivity index (χ3n) is 1.95. The zero-order valence-corrected chi connectivity index (χ0v) is 8.77. The number of rotatable bonds is 5. The van der Waals surface area contributed by atoms with E-state index in [0.717, 1.165) is 6.20 Å². The van der Waals surface area contributed by atoms with Crippen molar-refractivity contribution in [2.45, 2.75) is 0 Å². The summed E-state index contributed by atoms with van der Waals surface area (Å²) in [6.07, 6.45) is 2.54. The number of carbonyl (C=O) groups excluding carboxylic acids is 1. The molecule has 0 spiro atoms. The lowest BCUT2D eigenvalue weighted by atomic mass is 10.3. The molecule has 0 aliphatic rings. The van der Waals surface area contributed by atoms with E-state index in [4.69, 9.17) is 5.11 Å². The molecule has 0 unspecified atom stereocenters. The third kappa shape index (κ3) is 3.13. The van der Waals surface area contributed by atoms with E-state index in [9.17, 15) is 9.18 Å². The quantitative estimate of drug-likeness (QED) is 0.754. The standard InChI is InChI=1S/C11H13FN2O2/c1-2-5-14(6-7-15)11(16)10-4-3-9(12)8-13-10/h2-4,8,15H,1,5-7H2. The number of carbonyl (C=O) groups is 1. The Labute approximate surface area is 93.0 Å². The Balaban J connectivity index is 2.80. The summed E-state index contributed by atoms with van der Waals surface area (Å²) in [5.41, 5.74) is 0.150. The van der Waals surface area contributed by atoms with Crippen LogP contribution in [0.15, 0.2) is 31.0 Å². The lowest BCUT2D eigenvalue weighted by Crippen LogP contribution is -2.34. The molecule has 86 valence electrons. The highest BCUT2D eigenvalue weighted by molar-refractivity contribution is 5.92. The van der Waals surface area contributed by atoms with E-state index in [-0.39, 0.29) is 24.8 Å². The second-order valence-electron chi connectivity index (χ2n) is 3.13. The van der Waals surface area contributed by atoms with Crippen molar-refractivity contribution in [1.82, 2.24) is 9.88 Å². The van der Waals surface area contributed by atoms with Gasteiger partial charge >= 0.3 is 0 Å². The highest BCUT2D eigenvalue weighted by Gasteiger charge is 2.14. The Hall–Kier alpha value is -1.75. The number of aliphatic hydroxyl groups excluding tert-OH is 1. The summed E-state index contributed by atoms with van der Waals surface area (Å²) in [5.74, 6) is -0.845. The average Bonchev–Trinajstić information content (AvgIpc) is 2.29. The molecule has 4 nitrogen and oxygen atoms in total. The maximum Gasteiger partial charge on any atom is 0.272 e. The van der Waals surface area contributed by atoms with E-state index in [1.165, 1.54) is 17.0 Å². The predicted molar refractivity (Wildman–Crippen MR) is 57.4 cm³/mol. The molecule has 1 aromatic heterocycles. The van der Waals surface area contributed by atoms with Crippen molar-refractivity contribution in [3.05, 3.63) is 42.5 Å². The fraction of sp³-hybridized carbons (Fsp3) is 0.273. The maximum absolute atomic E-state index is 12.6. The van der Waals surface area contributed by atoms with Crippen molar-refractivity contribution < 1.29 is 14.3 Å². The molecular formula is C11H13FN2O2. The van der Waals surface area contributed by atoms with Crippen molar-refractivity contribution >= 4 is 5.91 Å². The topological polar surface area (TPSA) is 53.4 Å². The SMILES string of the molecule is C=CCN(CCO)C(=O)c1ccc(F)cn1.